The van der Waals surface area contributed by atoms with E-state index in [2.05, 4.69) is 0 Å². The van der Waals surface area contributed by atoms with Crippen LogP contribution in [0.3, 0.4) is 0 Å². The summed E-state index contributed by atoms with van der Waals surface area (Å²) in [5.41, 5.74) is 4.23. The minimum absolute atomic E-state index is 0.00849. The molecule has 0 atom stereocenters. The molecule has 9 nitrogen and oxygen atoms in total. The van der Waals surface area contributed by atoms with Crippen LogP contribution in [-0.2, 0) is 19.1 Å². The van der Waals surface area contributed by atoms with Crippen molar-refractivity contribution in [2.75, 3.05) is 20.3 Å². The van der Waals surface area contributed by atoms with Gasteiger partial charge >= 0.3 is 5.97 Å². The maximum atomic E-state index is 13.5. The van der Waals surface area contributed by atoms with Crippen molar-refractivity contribution in [2.24, 2.45) is 0 Å². The molecule has 2 aromatic carbocycles. The van der Waals surface area contributed by atoms with Gasteiger partial charge in [0.15, 0.2) is 0 Å². The van der Waals surface area contributed by atoms with E-state index in [9.17, 15) is 19.6 Å². The predicted molar refractivity (Wildman–Crippen MR) is 145 cm³/mol. The molecule has 4 rings (SSSR count). The Bertz CT molecular complexity index is 1540. The van der Waals surface area contributed by atoms with Gasteiger partial charge in [-0.1, -0.05) is 18.2 Å². The van der Waals surface area contributed by atoms with Gasteiger partial charge in [0.1, 0.15) is 17.4 Å². The monoisotopic (exact) mass is 524 g/mol. The Morgan fingerprint density at radius 3 is 2.49 bits per heavy atom. The van der Waals surface area contributed by atoms with Gasteiger partial charge in [-0.2, -0.15) is 10.4 Å². The van der Waals surface area contributed by atoms with E-state index in [0.717, 1.165) is 27.5 Å². The molecule has 0 unspecified atom stereocenters. The van der Waals surface area contributed by atoms with E-state index in [1.54, 1.807) is 24.8 Å². The fraction of sp³-hybridized carbons (Fsp3) is 0.233. The van der Waals surface area contributed by atoms with Crippen molar-refractivity contribution in [3.05, 3.63) is 82.6 Å². The zero-order chi connectivity index (χ0) is 28.1. The first-order chi connectivity index (χ1) is 18.7. The summed E-state index contributed by atoms with van der Waals surface area (Å²) >= 11 is 0. The summed E-state index contributed by atoms with van der Waals surface area (Å²) < 4.78 is 12.1. The number of hydrogen-bond donors (Lipinski definition) is 0. The number of hydrogen-bond acceptors (Lipinski definition) is 7. The Morgan fingerprint density at radius 2 is 1.85 bits per heavy atom. The molecule has 1 aliphatic heterocycles. The first-order valence-corrected chi connectivity index (χ1v) is 12.4. The number of aryl methyl sites for hydroxylation is 1. The topological polar surface area (TPSA) is 115 Å². The Kier molecular flexibility index (Phi) is 8.06. The summed E-state index contributed by atoms with van der Waals surface area (Å²) in [5.74, 6) is -0.893. The second-order valence-corrected chi connectivity index (χ2v) is 9.02. The quantitative estimate of drug-likeness (QED) is 0.186. The molecule has 0 saturated carbocycles. The largest absolute Gasteiger partial charge is 0.496 e. The van der Waals surface area contributed by atoms with Gasteiger partial charge in [-0.15, -0.1) is 0 Å². The number of imide groups is 1. The fourth-order valence-corrected chi connectivity index (χ4v) is 4.38. The van der Waals surface area contributed by atoms with E-state index in [1.165, 1.54) is 6.92 Å². The van der Waals surface area contributed by atoms with Gasteiger partial charge in [-0.05, 0) is 67.8 Å². The first-order valence-electron chi connectivity index (χ1n) is 12.4. The van der Waals surface area contributed by atoms with Gasteiger partial charge in [0.2, 0.25) is 0 Å². The molecule has 3 aromatic rings. The van der Waals surface area contributed by atoms with Crippen molar-refractivity contribution < 1.29 is 23.9 Å². The van der Waals surface area contributed by atoms with Crippen LogP contribution in [0, 0.1) is 18.3 Å². The smallest absolute Gasteiger partial charge is 0.302 e. The van der Waals surface area contributed by atoms with Crippen molar-refractivity contribution in [3.63, 3.8) is 0 Å². The van der Waals surface area contributed by atoms with Crippen molar-refractivity contribution in [3.8, 4) is 28.8 Å². The van der Waals surface area contributed by atoms with E-state index >= 15 is 0 Å². The molecule has 0 fully saturated rings. The van der Waals surface area contributed by atoms with Crippen molar-refractivity contribution in [1.82, 2.24) is 14.7 Å². The maximum absolute atomic E-state index is 13.5. The lowest BCUT2D eigenvalue weighted by atomic mass is 9.93. The van der Waals surface area contributed by atoms with E-state index in [4.69, 9.17) is 14.6 Å². The Balaban J connectivity index is 1.82. The number of esters is 1. The van der Waals surface area contributed by atoms with Gasteiger partial charge in [0.05, 0.1) is 25.1 Å². The fourth-order valence-electron chi connectivity index (χ4n) is 4.38. The molecule has 9 heteroatoms. The van der Waals surface area contributed by atoms with Crippen LogP contribution in [0.5, 0.6) is 5.75 Å². The predicted octanol–water partition coefficient (Wildman–Crippen LogP) is 4.40. The SMILES string of the molecule is COc1ccc(-c2nn(-c3ccccc3)cc2/C=C2/C(=O)N(CCCOC(C)=O)C(=O)C(C#N)=C2C)cc1C. The molecular formula is C30H28N4O5. The lowest BCUT2D eigenvalue weighted by molar-refractivity contribution is -0.141. The summed E-state index contributed by atoms with van der Waals surface area (Å²) in [6.07, 6.45) is 3.73. The number of nitriles is 1. The molecule has 0 saturated heterocycles. The van der Waals surface area contributed by atoms with Gasteiger partial charge in [-0.3, -0.25) is 19.3 Å². The molecule has 0 aliphatic carbocycles. The van der Waals surface area contributed by atoms with E-state index in [-0.39, 0.29) is 30.7 Å². The van der Waals surface area contributed by atoms with Gasteiger partial charge in [-0.25, -0.2) is 4.68 Å². The number of methoxy groups -OCH3 is 1. The number of para-hydroxylation sites is 1. The standard InChI is InChI=1S/C30H28N4O5/c1-19-15-22(11-12-27(19)38-4)28-23(18-34(32-28)24-9-6-5-7-10-24)16-25-20(2)26(17-31)30(37)33(29(25)36)13-8-14-39-21(3)35/h5-7,9-12,15-16,18H,8,13-14H2,1-4H3/b25-16+. The van der Waals surface area contributed by atoms with Crippen molar-refractivity contribution >= 4 is 23.9 Å². The van der Waals surface area contributed by atoms with Crippen LogP contribution in [0.1, 0.15) is 31.4 Å². The number of benzene rings is 2. The second-order valence-electron chi connectivity index (χ2n) is 9.02. The number of carbonyl (C=O) groups excluding carboxylic acids is 3. The average Bonchev–Trinajstić information content (AvgIpc) is 3.35. The number of ether oxygens (including phenoxy) is 2. The highest BCUT2D eigenvalue weighted by molar-refractivity contribution is 6.19. The zero-order valence-corrected chi connectivity index (χ0v) is 22.2. The van der Waals surface area contributed by atoms with Gasteiger partial charge < -0.3 is 9.47 Å². The average molecular weight is 525 g/mol. The van der Waals surface area contributed by atoms with Crippen LogP contribution in [0.4, 0.5) is 0 Å². The maximum Gasteiger partial charge on any atom is 0.302 e. The summed E-state index contributed by atoms with van der Waals surface area (Å²) in [6, 6.07) is 17.2. The van der Waals surface area contributed by atoms with Crippen LogP contribution in [-0.4, -0.2) is 52.7 Å². The summed E-state index contributed by atoms with van der Waals surface area (Å²) in [5, 5.41) is 14.6. The molecule has 2 amide bonds. The van der Waals surface area contributed by atoms with Crippen LogP contribution < -0.4 is 4.74 Å². The van der Waals surface area contributed by atoms with Crippen molar-refractivity contribution in [2.45, 2.75) is 27.2 Å². The highest BCUT2D eigenvalue weighted by Crippen LogP contribution is 2.32. The number of aromatic nitrogens is 2. The third kappa shape index (κ3) is 5.65. The highest BCUT2D eigenvalue weighted by Gasteiger charge is 2.35. The second kappa shape index (κ2) is 11.6. The Morgan fingerprint density at radius 1 is 1.10 bits per heavy atom. The molecule has 198 valence electrons. The number of rotatable bonds is 8. The summed E-state index contributed by atoms with van der Waals surface area (Å²) in [4.78, 5) is 38.6. The first kappa shape index (κ1) is 27.1. The molecule has 0 radical (unpaired) electrons. The zero-order valence-electron chi connectivity index (χ0n) is 22.2. The molecule has 0 spiro atoms. The number of amides is 2. The Labute approximate surface area is 226 Å². The minimum atomic E-state index is -0.661. The molecule has 0 bridgehead atoms. The van der Waals surface area contributed by atoms with Gasteiger partial charge in [0.25, 0.3) is 11.8 Å². The summed E-state index contributed by atoms with van der Waals surface area (Å²) in [7, 11) is 1.61. The molecule has 39 heavy (non-hydrogen) atoms. The van der Waals surface area contributed by atoms with Crippen molar-refractivity contribution in [1.29, 1.82) is 5.26 Å². The van der Waals surface area contributed by atoms with E-state index in [1.807, 2.05) is 67.7 Å². The van der Waals surface area contributed by atoms with Crippen LogP contribution in [0.2, 0.25) is 0 Å². The third-order valence-electron chi connectivity index (χ3n) is 6.39. The molecule has 0 N–H and O–H groups in total. The molecule has 1 aliphatic rings. The van der Waals surface area contributed by atoms with Crippen LogP contribution >= 0.6 is 0 Å². The molecule has 2 heterocycles. The van der Waals surface area contributed by atoms with Crippen LogP contribution in [0.15, 0.2) is 71.4 Å². The van der Waals surface area contributed by atoms with E-state index < -0.39 is 17.8 Å². The number of nitrogens with zero attached hydrogens (tertiary/aromatic N) is 4. The Hall–Kier alpha value is -4.97. The van der Waals surface area contributed by atoms with Gasteiger partial charge in [0, 0.05) is 36.4 Å². The molecular weight excluding hydrogens is 496 g/mol. The summed E-state index contributed by atoms with van der Waals surface area (Å²) in [6.45, 7) is 4.88. The normalized spacial score (nSPS) is 14.5. The minimum Gasteiger partial charge on any atom is -0.496 e. The third-order valence-corrected chi connectivity index (χ3v) is 6.39. The lowest BCUT2D eigenvalue weighted by Gasteiger charge is -2.27. The number of carbonyl (C=O) groups is 3. The lowest BCUT2D eigenvalue weighted by Crippen LogP contribution is -2.43. The molecule has 1 aromatic heterocycles. The van der Waals surface area contributed by atoms with E-state index in [0.29, 0.717) is 16.8 Å². The highest BCUT2D eigenvalue weighted by atomic mass is 16.5. The van der Waals surface area contributed by atoms with Crippen LogP contribution in [0.25, 0.3) is 23.0 Å².